The molecular weight excluding hydrogens is 298 g/mol. The summed E-state index contributed by atoms with van der Waals surface area (Å²) in [5, 5.41) is 11.7. The van der Waals surface area contributed by atoms with Crippen LogP contribution in [0.25, 0.3) is 0 Å². The molecule has 0 radical (unpaired) electrons. The Balaban J connectivity index is 1.91. The minimum Gasteiger partial charge on any atom is -0.477 e. The standard InChI is InChI=1S/C17H19NO3S/c1-17(2,12-6-4-3-5-7-12)10-15(19)18-11-13-8-9-14(22-13)16(20)21/h3-9H,10-11H2,1-2H3,(H,18,19)(H,20,21). The van der Waals surface area contributed by atoms with Crippen LogP contribution in [-0.4, -0.2) is 17.0 Å². The number of carboxylic acid groups (broad SMARTS) is 1. The highest BCUT2D eigenvalue weighted by Crippen LogP contribution is 2.26. The molecule has 0 bridgehead atoms. The van der Waals surface area contributed by atoms with Crippen molar-refractivity contribution in [3.63, 3.8) is 0 Å². The second kappa shape index (κ2) is 6.75. The SMILES string of the molecule is CC(C)(CC(=O)NCc1ccc(C(=O)O)s1)c1ccccc1. The predicted molar refractivity (Wildman–Crippen MR) is 87.2 cm³/mol. The minimum atomic E-state index is -0.937. The number of benzene rings is 1. The van der Waals surface area contributed by atoms with E-state index in [0.717, 1.165) is 10.4 Å². The third-order valence-electron chi connectivity index (χ3n) is 3.49. The van der Waals surface area contributed by atoms with Gasteiger partial charge >= 0.3 is 5.97 Å². The van der Waals surface area contributed by atoms with Gasteiger partial charge in [0.1, 0.15) is 4.88 Å². The van der Waals surface area contributed by atoms with Gasteiger partial charge in [-0.3, -0.25) is 4.79 Å². The molecule has 5 heteroatoms. The molecule has 0 aliphatic heterocycles. The van der Waals surface area contributed by atoms with Crippen molar-refractivity contribution in [2.75, 3.05) is 0 Å². The molecule has 2 rings (SSSR count). The first-order valence-electron chi connectivity index (χ1n) is 7.03. The van der Waals surface area contributed by atoms with Crippen molar-refractivity contribution in [2.24, 2.45) is 0 Å². The molecule has 0 atom stereocenters. The molecule has 116 valence electrons. The maximum absolute atomic E-state index is 12.1. The largest absolute Gasteiger partial charge is 0.477 e. The van der Waals surface area contributed by atoms with Gasteiger partial charge in [-0.05, 0) is 23.1 Å². The van der Waals surface area contributed by atoms with Crippen LogP contribution in [0.2, 0.25) is 0 Å². The fourth-order valence-electron chi connectivity index (χ4n) is 2.23. The van der Waals surface area contributed by atoms with Crippen molar-refractivity contribution >= 4 is 23.2 Å². The zero-order chi connectivity index (χ0) is 16.2. The topological polar surface area (TPSA) is 66.4 Å². The molecule has 0 aliphatic carbocycles. The Morgan fingerprint density at radius 3 is 2.41 bits per heavy atom. The maximum atomic E-state index is 12.1. The van der Waals surface area contributed by atoms with E-state index in [1.54, 1.807) is 12.1 Å². The fraction of sp³-hybridized carbons (Fsp3) is 0.294. The molecule has 0 spiro atoms. The maximum Gasteiger partial charge on any atom is 0.345 e. The lowest BCUT2D eigenvalue weighted by Gasteiger charge is -2.24. The van der Waals surface area contributed by atoms with Crippen LogP contribution in [-0.2, 0) is 16.8 Å². The number of hydrogen-bond donors (Lipinski definition) is 2. The average Bonchev–Trinajstić information content (AvgIpc) is 2.95. The van der Waals surface area contributed by atoms with Crippen molar-refractivity contribution in [2.45, 2.75) is 32.2 Å². The summed E-state index contributed by atoms with van der Waals surface area (Å²) in [5.74, 6) is -0.980. The van der Waals surface area contributed by atoms with Crippen molar-refractivity contribution < 1.29 is 14.7 Å². The number of thiophene rings is 1. The van der Waals surface area contributed by atoms with Gasteiger partial charge in [-0.1, -0.05) is 44.2 Å². The van der Waals surface area contributed by atoms with Crippen LogP contribution in [0.4, 0.5) is 0 Å². The summed E-state index contributed by atoms with van der Waals surface area (Å²) in [6.45, 7) is 4.44. The van der Waals surface area contributed by atoms with Crippen molar-refractivity contribution in [1.82, 2.24) is 5.32 Å². The lowest BCUT2D eigenvalue weighted by atomic mass is 9.81. The van der Waals surface area contributed by atoms with Crippen LogP contribution >= 0.6 is 11.3 Å². The van der Waals surface area contributed by atoms with Crippen molar-refractivity contribution in [1.29, 1.82) is 0 Å². The van der Waals surface area contributed by atoms with E-state index < -0.39 is 5.97 Å². The summed E-state index contributed by atoms with van der Waals surface area (Å²) < 4.78 is 0. The van der Waals surface area contributed by atoms with Gasteiger partial charge in [0.05, 0.1) is 6.54 Å². The van der Waals surface area contributed by atoms with E-state index in [1.807, 2.05) is 44.2 Å². The number of aromatic carboxylic acids is 1. The van der Waals surface area contributed by atoms with E-state index in [0.29, 0.717) is 13.0 Å². The van der Waals surface area contributed by atoms with E-state index in [9.17, 15) is 9.59 Å². The van der Waals surface area contributed by atoms with E-state index >= 15 is 0 Å². The molecular formula is C17H19NO3S. The van der Waals surface area contributed by atoms with Crippen LogP contribution in [0.5, 0.6) is 0 Å². The number of rotatable bonds is 6. The average molecular weight is 317 g/mol. The Hall–Kier alpha value is -2.14. The second-order valence-corrected chi connectivity index (χ2v) is 6.94. The monoisotopic (exact) mass is 317 g/mol. The van der Waals surface area contributed by atoms with Crippen LogP contribution < -0.4 is 5.32 Å². The smallest absolute Gasteiger partial charge is 0.345 e. The third kappa shape index (κ3) is 4.18. The van der Waals surface area contributed by atoms with E-state index in [2.05, 4.69) is 5.32 Å². The molecule has 1 aromatic heterocycles. The molecule has 0 unspecified atom stereocenters. The molecule has 0 saturated carbocycles. The van der Waals surface area contributed by atoms with Crippen LogP contribution in [0.1, 0.15) is 40.4 Å². The molecule has 0 aliphatic rings. The van der Waals surface area contributed by atoms with Gasteiger partial charge in [-0.25, -0.2) is 4.79 Å². The van der Waals surface area contributed by atoms with Crippen molar-refractivity contribution in [3.05, 3.63) is 57.8 Å². The Morgan fingerprint density at radius 2 is 1.82 bits per heavy atom. The zero-order valence-electron chi connectivity index (χ0n) is 12.6. The highest BCUT2D eigenvalue weighted by Gasteiger charge is 2.23. The first-order chi connectivity index (χ1) is 10.4. The zero-order valence-corrected chi connectivity index (χ0v) is 13.4. The molecule has 0 fully saturated rings. The Bertz CT molecular complexity index is 662. The third-order valence-corrected chi connectivity index (χ3v) is 4.56. The predicted octanol–water partition coefficient (Wildman–Crippen LogP) is 3.43. The van der Waals surface area contributed by atoms with E-state index in [-0.39, 0.29) is 16.2 Å². The summed E-state index contributed by atoms with van der Waals surface area (Å²) in [6.07, 6.45) is 0.383. The highest BCUT2D eigenvalue weighted by molar-refractivity contribution is 7.13. The first-order valence-corrected chi connectivity index (χ1v) is 7.84. The number of carbonyl (C=O) groups excluding carboxylic acids is 1. The van der Waals surface area contributed by atoms with Crippen molar-refractivity contribution in [3.8, 4) is 0 Å². The molecule has 2 aromatic rings. The summed E-state index contributed by atoms with van der Waals surface area (Å²) >= 11 is 1.18. The molecule has 1 heterocycles. The lowest BCUT2D eigenvalue weighted by molar-refractivity contribution is -0.122. The van der Waals surface area contributed by atoms with Gasteiger partial charge in [0.2, 0.25) is 5.91 Å². The van der Waals surface area contributed by atoms with Gasteiger partial charge in [0, 0.05) is 11.3 Å². The second-order valence-electron chi connectivity index (χ2n) is 5.77. The molecule has 22 heavy (non-hydrogen) atoms. The van der Waals surface area contributed by atoms with Gasteiger partial charge in [-0.2, -0.15) is 0 Å². The van der Waals surface area contributed by atoms with Crippen LogP contribution in [0, 0.1) is 0 Å². The highest BCUT2D eigenvalue weighted by atomic mass is 32.1. The molecule has 1 amide bonds. The molecule has 4 nitrogen and oxygen atoms in total. The summed E-state index contributed by atoms with van der Waals surface area (Å²) in [4.78, 5) is 24.1. The Kier molecular flexibility index (Phi) is 4.98. The lowest BCUT2D eigenvalue weighted by Crippen LogP contribution is -2.30. The van der Waals surface area contributed by atoms with E-state index in [4.69, 9.17) is 5.11 Å². The number of carboxylic acids is 1. The number of hydrogen-bond acceptors (Lipinski definition) is 3. The van der Waals surface area contributed by atoms with Gasteiger partial charge in [-0.15, -0.1) is 11.3 Å². The molecule has 2 N–H and O–H groups in total. The first kappa shape index (κ1) is 16.2. The van der Waals surface area contributed by atoms with E-state index in [1.165, 1.54) is 11.3 Å². The molecule has 0 saturated heterocycles. The van der Waals surface area contributed by atoms with Gasteiger partial charge < -0.3 is 10.4 Å². The Labute approximate surface area is 133 Å². The quantitative estimate of drug-likeness (QED) is 0.858. The fourth-order valence-corrected chi connectivity index (χ4v) is 3.02. The summed E-state index contributed by atoms with van der Waals surface area (Å²) in [6, 6.07) is 13.2. The molecule has 1 aromatic carbocycles. The number of amides is 1. The van der Waals surface area contributed by atoms with Crippen LogP contribution in [0.3, 0.4) is 0 Å². The van der Waals surface area contributed by atoms with Gasteiger partial charge in [0.25, 0.3) is 0 Å². The normalized spacial score (nSPS) is 11.2. The summed E-state index contributed by atoms with van der Waals surface area (Å²) in [5.41, 5.74) is 0.877. The summed E-state index contributed by atoms with van der Waals surface area (Å²) in [7, 11) is 0. The Morgan fingerprint density at radius 1 is 1.14 bits per heavy atom. The van der Waals surface area contributed by atoms with Gasteiger partial charge in [0.15, 0.2) is 0 Å². The number of nitrogens with one attached hydrogen (secondary N) is 1. The minimum absolute atomic E-state index is 0.0425. The number of carbonyl (C=O) groups is 2. The van der Waals surface area contributed by atoms with Crippen LogP contribution in [0.15, 0.2) is 42.5 Å².